The lowest BCUT2D eigenvalue weighted by Gasteiger charge is -2.22. The molecule has 0 bridgehead atoms. The summed E-state index contributed by atoms with van der Waals surface area (Å²) in [4.78, 5) is 2.45. The van der Waals surface area contributed by atoms with Crippen molar-refractivity contribution in [1.29, 1.82) is 0 Å². The molecule has 0 aliphatic carbocycles. The number of aliphatic hydroxyl groups is 1. The Morgan fingerprint density at radius 2 is 2.24 bits per heavy atom. The zero-order valence-corrected chi connectivity index (χ0v) is 10.9. The molecule has 1 fully saturated rings. The van der Waals surface area contributed by atoms with E-state index in [0.717, 1.165) is 45.3 Å². The highest BCUT2D eigenvalue weighted by molar-refractivity contribution is 5.04. The Kier molecular flexibility index (Phi) is 3.84. The average molecular weight is 237 g/mol. The minimum absolute atomic E-state index is 0.455. The summed E-state index contributed by atoms with van der Waals surface area (Å²) < 4.78 is 1.85. The normalized spacial score (nSPS) is 27.0. The van der Waals surface area contributed by atoms with E-state index < -0.39 is 5.60 Å². The molecule has 0 saturated carbocycles. The van der Waals surface area contributed by atoms with Gasteiger partial charge in [-0.1, -0.05) is 0 Å². The summed E-state index contributed by atoms with van der Waals surface area (Å²) in [6.45, 7) is 5.14. The standard InChI is InChI=1S/C13H23N3O/c1-13(17)5-3-7-16(9-6-13)8-4-12-10-14-15(2)11-12/h10-11,17H,3-9H2,1-2H3. The van der Waals surface area contributed by atoms with Gasteiger partial charge in [-0.25, -0.2) is 0 Å². The number of hydrogen-bond acceptors (Lipinski definition) is 3. The Hall–Kier alpha value is -0.870. The summed E-state index contributed by atoms with van der Waals surface area (Å²) in [5.74, 6) is 0. The van der Waals surface area contributed by atoms with Gasteiger partial charge in [-0.2, -0.15) is 5.10 Å². The summed E-state index contributed by atoms with van der Waals surface area (Å²) in [5, 5.41) is 14.2. The number of nitrogens with zero attached hydrogens (tertiary/aromatic N) is 3. The van der Waals surface area contributed by atoms with Crippen molar-refractivity contribution in [2.45, 2.75) is 38.2 Å². The minimum atomic E-state index is -0.455. The van der Waals surface area contributed by atoms with Gasteiger partial charge in [0, 0.05) is 26.3 Å². The fraction of sp³-hybridized carbons (Fsp3) is 0.769. The van der Waals surface area contributed by atoms with E-state index in [1.54, 1.807) is 0 Å². The molecule has 0 spiro atoms. The monoisotopic (exact) mass is 237 g/mol. The fourth-order valence-electron chi connectivity index (χ4n) is 2.43. The Morgan fingerprint density at radius 3 is 2.94 bits per heavy atom. The van der Waals surface area contributed by atoms with Gasteiger partial charge < -0.3 is 10.0 Å². The van der Waals surface area contributed by atoms with Crippen LogP contribution in [0.15, 0.2) is 12.4 Å². The lowest BCUT2D eigenvalue weighted by Crippen LogP contribution is -2.29. The van der Waals surface area contributed by atoms with Crippen molar-refractivity contribution in [1.82, 2.24) is 14.7 Å². The second kappa shape index (κ2) is 5.19. The van der Waals surface area contributed by atoms with E-state index in [1.165, 1.54) is 5.56 Å². The molecule has 4 heteroatoms. The van der Waals surface area contributed by atoms with E-state index in [2.05, 4.69) is 16.2 Å². The van der Waals surface area contributed by atoms with E-state index in [0.29, 0.717) is 0 Å². The van der Waals surface area contributed by atoms with Crippen molar-refractivity contribution in [2.24, 2.45) is 7.05 Å². The zero-order chi connectivity index (χ0) is 12.3. The molecule has 1 saturated heterocycles. The van der Waals surface area contributed by atoms with Gasteiger partial charge in [0.15, 0.2) is 0 Å². The van der Waals surface area contributed by atoms with Gasteiger partial charge in [0.05, 0.1) is 11.8 Å². The molecule has 1 aliphatic rings. The molecule has 1 unspecified atom stereocenters. The maximum Gasteiger partial charge on any atom is 0.0632 e. The molecule has 1 atom stereocenters. The van der Waals surface area contributed by atoms with Crippen LogP contribution in [0.5, 0.6) is 0 Å². The molecule has 4 nitrogen and oxygen atoms in total. The minimum Gasteiger partial charge on any atom is -0.390 e. The van der Waals surface area contributed by atoms with Crippen LogP contribution in [0, 0.1) is 0 Å². The van der Waals surface area contributed by atoms with Gasteiger partial charge >= 0.3 is 0 Å². The SMILES string of the molecule is Cn1cc(CCN2CCCC(C)(O)CC2)cn1. The topological polar surface area (TPSA) is 41.3 Å². The van der Waals surface area contributed by atoms with Crippen molar-refractivity contribution in [3.8, 4) is 0 Å². The van der Waals surface area contributed by atoms with Crippen molar-refractivity contribution >= 4 is 0 Å². The van der Waals surface area contributed by atoms with E-state index in [4.69, 9.17) is 0 Å². The van der Waals surface area contributed by atoms with Gasteiger partial charge in [0.2, 0.25) is 0 Å². The molecule has 1 N–H and O–H groups in total. The van der Waals surface area contributed by atoms with Crippen LogP contribution in [0.2, 0.25) is 0 Å². The Balaban J connectivity index is 1.79. The van der Waals surface area contributed by atoms with Crippen molar-refractivity contribution in [3.63, 3.8) is 0 Å². The molecule has 96 valence electrons. The van der Waals surface area contributed by atoms with Gasteiger partial charge in [-0.15, -0.1) is 0 Å². The predicted molar refractivity (Wildman–Crippen MR) is 67.8 cm³/mol. The maximum absolute atomic E-state index is 10.0. The highest BCUT2D eigenvalue weighted by Crippen LogP contribution is 2.21. The first-order valence-corrected chi connectivity index (χ1v) is 6.47. The van der Waals surface area contributed by atoms with Crippen LogP contribution in [0.25, 0.3) is 0 Å². The van der Waals surface area contributed by atoms with Crippen LogP contribution < -0.4 is 0 Å². The fourth-order valence-corrected chi connectivity index (χ4v) is 2.43. The van der Waals surface area contributed by atoms with Gasteiger partial charge in [-0.05, 0) is 44.7 Å². The largest absolute Gasteiger partial charge is 0.390 e. The molecule has 0 radical (unpaired) electrons. The second-order valence-corrected chi connectivity index (χ2v) is 5.46. The van der Waals surface area contributed by atoms with Crippen LogP contribution in [0.4, 0.5) is 0 Å². The molecular weight excluding hydrogens is 214 g/mol. The summed E-state index contributed by atoms with van der Waals surface area (Å²) in [7, 11) is 1.95. The highest BCUT2D eigenvalue weighted by Gasteiger charge is 2.24. The summed E-state index contributed by atoms with van der Waals surface area (Å²) in [5.41, 5.74) is 0.840. The predicted octanol–water partition coefficient (Wildman–Crippen LogP) is 1.20. The molecule has 1 aromatic heterocycles. The summed E-state index contributed by atoms with van der Waals surface area (Å²) in [6.07, 6.45) is 7.98. The summed E-state index contributed by atoms with van der Waals surface area (Å²) in [6, 6.07) is 0. The van der Waals surface area contributed by atoms with Crippen molar-refractivity contribution < 1.29 is 5.11 Å². The number of rotatable bonds is 3. The van der Waals surface area contributed by atoms with Crippen LogP contribution in [-0.4, -0.2) is 45.0 Å². The first kappa shape index (κ1) is 12.6. The molecule has 0 aromatic carbocycles. The van der Waals surface area contributed by atoms with E-state index in [1.807, 2.05) is 24.9 Å². The zero-order valence-electron chi connectivity index (χ0n) is 10.9. The smallest absolute Gasteiger partial charge is 0.0632 e. The molecular formula is C13H23N3O. The molecule has 2 heterocycles. The molecule has 1 aromatic rings. The first-order chi connectivity index (χ1) is 8.05. The van der Waals surface area contributed by atoms with E-state index >= 15 is 0 Å². The first-order valence-electron chi connectivity index (χ1n) is 6.47. The van der Waals surface area contributed by atoms with Gasteiger partial charge in [-0.3, -0.25) is 4.68 Å². The maximum atomic E-state index is 10.0. The van der Waals surface area contributed by atoms with E-state index in [-0.39, 0.29) is 0 Å². The average Bonchev–Trinajstić information content (AvgIpc) is 2.59. The van der Waals surface area contributed by atoms with Crippen molar-refractivity contribution in [2.75, 3.05) is 19.6 Å². The Bertz CT molecular complexity index is 359. The molecule has 1 aliphatic heterocycles. The van der Waals surface area contributed by atoms with Crippen LogP contribution >= 0.6 is 0 Å². The second-order valence-electron chi connectivity index (χ2n) is 5.46. The highest BCUT2D eigenvalue weighted by atomic mass is 16.3. The Labute approximate surface area is 103 Å². The third-order valence-electron chi connectivity index (χ3n) is 3.63. The summed E-state index contributed by atoms with van der Waals surface area (Å²) >= 11 is 0. The van der Waals surface area contributed by atoms with E-state index in [9.17, 15) is 5.11 Å². The lowest BCUT2D eigenvalue weighted by molar-refractivity contribution is 0.0447. The van der Waals surface area contributed by atoms with Crippen LogP contribution in [0.3, 0.4) is 0 Å². The number of likely N-dealkylation sites (tertiary alicyclic amines) is 1. The molecule has 0 amide bonds. The quantitative estimate of drug-likeness (QED) is 0.859. The van der Waals surface area contributed by atoms with Crippen LogP contribution in [0.1, 0.15) is 31.7 Å². The van der Waals surface area contributed by atoms with Gasteiger partial charge in [0.25, 0.3) is 0 Å². The number of hydrogen-bond donors (Lipinski definition) is 1. The van der Waals surface area contributed by atoms with Gasteiger partial charge in [0.1, 0.15) is 0 Å². The number of aromatic nitrogens is 2. The molecule has 17 heavy (non-hydrogen) atoms. The lowest BCUT2D eigenvalue weighted by atomic mass is 9.98. The third-order valence-corrected chi connectivity index (χ3v) is 3.63. The van der Waals surface area contributed by atoms with Crippen molar-refractivity contribution in [3.05, 3.63) is 18.0 Å². The van der Waals surface area contributed by atoms with Crippen LogP contribution in [-0.2, 0) is 13.5 Å². The molecule has 2 rings (SSSR count). The Morgan fingerprint density at radius 1 is 1.41 bits per heavy atom. The third kappa shape index (κ3) is 3.82. The number of aryl methyl sites for hydroxylation is 1.